The van der Waals surface area contributed by atoms with E-state index in [4.69, 9.17) is 33.2 Å². The van der Waals surface area contributed by atoms with Gasteiger partial charge in [0.1, 0.15) is 5.75 Å². The first-order valence-corrected chi connectivity index (χ1v) is 17.3. The molecule has 2 aliphatic heterocycles. The summed E-state index contributed by atoms with van der Waals surface area (Å²) >= 11 is 0. The summed E-state index contributed by atoms with van der Waals surface area (Å²) < 4.78 is 67.5. The lowest BCUT2D eigenvalue weighted by Crippen LogP contribution is -2.41. The topological polar surface area (TPSA) is 143 Å². The Bertz CT molecular complexity index is 1330. The van der Waals surface area contributed by atoms with Crippen LogP contribution in [0.15, 0.2) is 71.3 Å². The van der Waals surface area contributed by atoms with Gasteiger partial charge in [-0.05, 0) is 35.9 Å². The Kier molecular flexibility index (Phi) is 15.4. The van der Waals surface area contributed by atoms with Gasteiger partial charge in [0.25, 0.3) is 5.91 Å². The summed E-state index contributed by atoms with van der Waals surface area (Å²) in [5.74, 6) is 0.154. The van der Waals surface area contributed by atoms with E-state index in [1.807, 2.05) is 36.4 Å². The van der Waals surface area contributed by atoms with Gasteiger partial charge < -0.3 is 43.2 Å². The first-order chi connectivity index (χ1) is 22.9. The van der Waals surface area contributed by atoms with Gasteiger partial charge in [-0.3, -0.25) is 4.79 Å². The van der Waals surface area contributed by atoms with Gasteiger partial charge in [0, 0.05) is 38.5 Å². The number of allylic oxidation sites excluding steroid dienone is 1. The molecule has 0 bridgehead atoms. The van der Waals surface area contributed by atoms with Crippen LogP contribution in [0, 0.1) is 0 Å². The summed E-state index contributed by atoms with van der Waals surface area (Å²) in [6, 6.07) is 15.8. The summed E-state index contributed by atoms with van der Waals surface area (Å²) in [6.45, 7) is 3.31. The molecule has 1 saturated heterocycles. The number of rotatable bonds is 11. The smallest absolute Gasteiger partial charge is 0.288 e. The fourth-order valence-corrected chi connectivity index (χ4v) is 6.49. The van der Waals surface area contributed by atoms with Crippen LogP contribution in [-0.4, -0.2) is 134 Å². The molecule has 4 rings (SSSR count). The van der Waals surface area contributed by atoms with Crippen molar-refractivity contribution in [3.63, 3.8) is 0 Å². The van der Waals surface area contributed by atoms with E-state index in [0.29, 0.717) is 78.1 Å². The number of carbonyl (C=O) groups is 1. The van der Waals surface area contributed by atoms with Crippen LogP contribution in [-0.2, 0) is 43.2 Å². The highest BCUT2D eigenvalue weighted by atomic mass is 32.2. The molecular weight excluding hydrogens is 632 g/mol. The van der Waals surface area contributed by atoms with Crippen LogP contribution in [0.3, 0.4) is 0 Å². The lowest BCUT2D eigenvalue weighted by molar-refractivity contribution is -0.153. The van der Waals surface area contributed by atoms with Gasteiger partial charge >= 0.3 is 0 Å². The summed E-state index contributed by atoms with van der Waals surface area (Å²) in [4.78, 5) is 15.6. The molecular formula is C33H46N2O11S. The lowest BCUT2D eigenvalue weighted by atomic mass is 9.93. The van der Waals surface area contributed by atoms with E-state index in [1.165, 1.54) is 19.2 Å². The number of carbonyl (C=O) groups excluding carboxylic acids is 1. The first kappa shape index (κ1) is 36.8. The van der Waals surface area contributed by atoms with Crippen molar-refractivity contribution in [1.29, 1.82) is 0 Å². The maximum absolute atomic E-state index is 13.9. The molecule has 2 aliphatic rings. The minimum absolute atomic E-state index is 0.0292. The molecule has 0 radical (unpaired) electrons. The molecule has 47 heavy (non-hydrogen) atoms. The second-order valence-corrected chi connectivity index (χ2v) is 12.7. The predicted octanol–water partition coefficient (Wildman–Crippen LogP) is 2.02. The van der Waals surface area contributed by atoms with E-state index in [9.17, 15) is 18.3 Å². The van der Waals surface area contributed by atoms with Crippen LogP contribution in [0.1, 0.15) is 17.9 Å². The van der Waals surface area contributed by atoms with E-state index in [-0.39, 0.29) is 48.8 Å². The van der Waals surface area contributed by atoms with E-state index in [2.05, 4.69) is 0 Å². The average Bonchev–Trinajstić information content (AvgIpc) is 3.11. The number of methoxy groups -OCH3 is 1. The fraction of sp³-hybridized carbons (Fsp3) is 0.545. The SMILES string of the molecule is COc1ccc(S(=O)(=O)N(CCO)CCO[C@H]2C[C@@H](c3ccccc3)C=C(C(=O)N3CCOCCOCCOCCOCC3)O2)cc1. The third-order valence-corrected chi connectivity index (χ3v) is 9.51. The second-order valence-electron chi connectivity index (χ2n) is 10.7. The highest BCUT2D eigenvalue weighted by molar-refractivity contribution is 7.89. The minimum atomic E-state index is -3.92. The van der Waals surface area contributed by atoms with E-state index < -0.39 is 16.3 Å². The molecule has 13 nitrogen and oxygen atoms in total. The van der Waals surface area contributed by atoms with Crippen molar-refractivity contribution in [1.82, 2.24) is 9.21 Å². The predicted molar refractivity (Wildman–Crippen MR) is 171 cm³/mol. The molecule has 2 atom stereocenters. The molecule has 2 aromatic carbocycles. The van der Waals surface area contributed by atoms with Crippen molar-refractivity contribution in [2.24, 2.45) is 0 Å². The second kappa shape index (κ2) is 19.7. The molecule has 0 aromatic heterocycles. The summed E-state index contributed by atoms with van der Waals surface area (Å²) in [5.41, 5.74) is 0.988. The van der Waals surface area contributed by atoms with Crippen LogP contribution >= 0.6 is 0 Å². The summed E-state index contributed by atoms with van der Waals surface area (Å²) in [5, 5.41) is 9.63. The Morgan fingerprint density at radius 3 is 2.04 bits per heavy atom. The number of ether oxygens (including phenoxy) is 7. The molecule has 0 saturated carbocycles. The van der Waals surface area contributed by atoms with Crippen molar-refractivity contribution >= 4 is 15.9 Å². The number of sulfonamides is 1. The first-order valence-electron chi connectivity index (χ1n) is 15.8. The van der Waals surface area contributed by atoms with Crippen LogP contribution < -0.4 is 4.74 Å². The van der Waals surface area contributed by atoms with Crippen molar-refractivity contribution in [2.45, 2.75) is 23.5 Å². The number of hydrogen-bond acceptors (Lipinski definition) is 11. The van der Waals surface area contributed by atoms with Gasteiger partial charge in [-0.2, -0.15) is 4.31 Å². The van der Waals surface area contributed by atoms with Gasteiger partial charge in [-0.25, -0.2) is 8.42 Å². The zero-order chi connectivity index (χ0) is 33.3. The van der Waals surface area contributed by atoms with Gasteiger partial charge in [-0.15, -0.1) is 0 Å². The molecule has 2 aromatic rings. The molecule has 1 fully saturated rings. The normalized spacial score (nSPS) is 20.8. The monoisotopic (exact) mass is 678 g/mol. The lowest BCUT2D eigenvalue weighted by Gasteiger charge is -2.32. The fourth-order valence-electron chi connectivity index (χ4n) is 5.07. The maximum atomic E-state index is 13.9. The van der Waals surface area contributed by atoms with Crippen LogP contribution in [0.25, 0.3) is 0 Å². The average molecular weight is 679 g/mol. The van der Waals surface area contributed by atoms with Crippen molar-refractivity contribution < 1.29 is 51.5 Å². The number of benzene rings is 2. The van der Waals surface area contributed by atoms with Crippen LogP contribution in [0.2, 0.25) is 0 Å². The van der Waals surface area contributed by atoms with E-state index in [0.717, 1.165) is 9.87 Å². The maximum Gasteiger partial charge on any atom is 0.288 e. The summed E-state index contributed by atoms with van der Waals surface area (Å²) in [7, 11) is -2.42. The summed E-state index contributed by atoms with van der Waals surface area (Å²) in [6.07, 6.45) is 1.40. The standard InChI is InChI=1S/C33H46N2O11S/c1-40-29-7-9-30(10-8-29)47(38,39)35(11-15-36)14-18-45-32-26-28(27-5-3-2-4-6-27)25-31(46-32)33(37)34-12-16-41-19-21-43-23-24-44-22-20-42-17-13-34/h2-10,25,28,32,36H,11-24,26H2,1H3/t28-,32+/m0/s1. The van der Waals surface area contributed by atoms with E-state index >= 15 is 0 Å². The Morgan fingerprint density at radius 2 is 1.47 bits per heavy atom. The Hall–Kier alpha value is -3.08. The van der Waals surface area contributed by atoms with Crippen molar-refractivity contribution in [2.75, 3.05) is 99.4 Å². The van der Waals surface area contributed by atoms with Crippen LogP contribution in [0.4, 0.5) is 0 Å². The van der Waals surface area contributed by atoms with Crippen LogP contribution in [0.5, 0.6) is 5.75 Å². The highest BCUT2D eigenvalue weighted by Crippen LogP contribution is 2.32. The molecule has 0 aliphatic carbocycles. The van der Waals surface area contributed by atoms with Gasteiger partial charge in [0.2, 0.25) is 16.3 Å². The zero-order valence-corrected chi connectivity index (χ0v) is 27.7. The molecule has 0 unspecified atom stereocenters. The Labute approximate surface area is 276 Å². The number of aliphatic hydroxyl groups excluding tert-OH is 1. The van der Waals surface area contributed by atoms with Crippen molar-refractivity contribution in [3.05, 3.63) is 72.0 Å². The number of amides is 1. The molecule has 260 valence electrons. The zero-order valence-electron chi connectivity index (χ0n) is 26.9. The van der Waals surface area contributed by atoms with E-state index in [1.54, 1.807) is 17.0 Å². The molecule has 1 amide bonds. The third kappa shape index (κ3) is 11.5. The minimum Gasteiger partial charge on any atom is -0.497 e. The molecule has 0 spiro atoms. The molecule has 14 heteroatoms. The Balaban J connectivity index is 1.44. The molecule has 2 heterocycles. The number of hydrogen-bond donors (Lipinski definition) is 1. The quantitative estimate of drug-likeness (QED) is 0.373. The highest BCUT2D eigenvalue weighted by Gasteiger charge is 2.32. The van der Waals surface area contributed by atoms with Gasteiger partial charge in [0.05, 0.1) is 78.1 Å². The Morgan fingerprint density at radius 1 is 0.872 bits per heavy atom. The number of nitrogens with zero attached hydrogens (tertiary/aromatic N) is 2. The van der Waals surface area contributed by atoms with Crippen molar-refractivity contribution in [3.8, 4) is 5.75 Å². The van der Waals surface area contributed by atoms with Gasteiger partial charge in [0.15, 0.2) is 5.76 Å². The largest absolute Gasteiger partial charge is 0.497 e. The number of aliphatic hydroxyl groups is 1. The van der Waals surface area contributed by atoms with Gasteiger partial charge in [-0.1, -0.05) is 30.3 Å². The molecule has 1 N–H and O–H groups in total. The third-order valence-electron chi connectivity index (χ3n) is 7.60.